The number of allylic oxidation sites excluding steroid dienone is 2. The molecule has 16 atom stereocenters. The first-order valence-electron chi connectivity index (χ1n) is 15.1. The third-order valence-corrected chi connectivity index (χ3v) is 13.1. The van der Waals surface area contributed by atoms with Crippen LogP contribution in [0.25, 0.3) is 0 Å². The van der Waals surface area contributed by atoms with Crippen LogP contribution in [-0.2, 0) is 9.47 Å². The van der Waals surface area contributed by atoms with Crippen LogP contribution in [0.15, 0.2) is 12.2 Å². The summed E-state index contributed by atoms with van der Waals surface area (Å²) in [5, 5.41) is 0. The van der Waals surface area contributed by atoms with Crippen molar-refractivity contribution in [2.75, 3.05) is 13.2 Å². The van der Waals surface area contributed by atoms with Gasteiger partial charge in [-0.15, -0.1) is 0 Å². The molecule has 188 valence electrons. The molecule has 0 heterocycles. The molecule has 8 aliphatic carbocycles. The fourth-order valence-corrected chi connectivity index (χ4v) is 12.9. The van der Waals surface area contributed by atoms with Crippen LogP contribution in [-0.4, -0.2) is 24.4 Å². The molecule has 0 N–H and O–H groups in total. The monoisotopic (exact) mass is 464 g/mol. The van der Waals surface area contributed by atoms with Crippen LogP contribution >= 0.6 is 0 Å². The molecule has 0 saturated heterocycles. The summed E-state index contributed by atoms with van der Waals surface area (Å²) in [7, 11) is 0. The Morgan fingerprint density at radius 3 is 1.26 bits per heavy atom. The second kappa shape index (κ2) is 6.75. The molecular weight excluding hydrogens is 416 g/mol. The van der Waals surface area contributed by atoms with Crippen LogP contribution < -0.4 is 0 Å². The number of rotatable bonds is 4. The van der Waals surface area contributed by atoms with Crippen LogP contribution in [0.1, 0.15) is 67.2 Å². The van der Waals surface area contributed by atoms with E-state index < -0.39 is 0 Å². The van der Waals surface area contributed by atoms with E-state index in [4.69, 9.17) is 9.47 Å². The number of ether oxygens (including phenoxy) is 2. The van der Waals surface area contributed by atoms with E-state index in [1.165, 1.54) is 12.8 Å². The third kappa shape index (κ3) is 2.72. The Morgan fingerprint density at radius 1 is 0.500 bits per heavy atom. The molecule has 0 aromatic carbocycles. The zero-order chi connectivity index (χ0) is 23.3. The summed E-state index contributed by atoms with van der Waals surface area (Å²) in [5.41, 5.74) is -0.0727. The van der Waals surface area contributed by atoms with Gasteiger partial charge in [0.25, 0.3) is 0 Å². The lowest BCUT2D eigenvalue weighted by Crippen LogP contribution is -2.50. The van der Waals surface area contributed by atoms with Crippen molar-refractivity contribution in [1.29, 1.82) is 0 Å². The SMILES string of the molecule is CC(C)(C)OCC1C(COC(C)(C)C)C2CC1C1C3CC(C21)C1C2CC(C4C5C=CC(C5)C24)C31. The molecule has 16 unspecified atom stereocenters. The molecule has 7 fully saturated rings. The lowest BCUT2D eigenvalue weighted by molar-refractivity contribution is -0.110. The third-order valence-electron chi connectivity index (χ3n) is 13.1. The maximum atomic E-state index is 6.52. The van der Waals surface area contributed by atoms with Gasteiger partial charge in [-0.3, -0.25) is 0 Å². The topological polar surface area (TPSA) is 18.5 Å². The van der Waals surface area contributed by atoms with Gasteiger partial charge < -0.3 is 9.47 Å². The van der Waals surface area contributed by atoms with E-state index in [0.29, 0.717) is 0 Å². The molecule has 0 spiro atoms. The molecule has 0 amide bonds. The van der Waals surface area contributed by atoms with Gasteiger partial charge in [0.1, 0.15) is 0 Å². The summed E-state index contributed by atoms with van der Waals surface area (Å²) in [6.07, 6.45) is 11.5. The Labute approximate surface area is 208 Å². The Kier molecular flexibility index (Phi) is 4.31. The normalized spacial score (nSPS) is 59.4. The van der Waals surface area contributed by atoms with Crippen LogP contribution in [0, 0.1) is 94.7 Å². The summed E-state index contributed by atoms with van der Waals surface area (Å²) in [6.45, 7) is 15.3. The zero-order valence-corrected chi connectivity index (χ0v) is 22.5. The highest BCUT2D eigenvalue weighted by Crippen LogP contribution is 2.81. The maximum absolute atomic E-state index is 6.52. The van der Waals surface area contributed by atoms with Gasteiger partial charge in [0.2, 0.25) is 0 Å². The summed E-state index contributed by atoms with van der Waals surface area (Å²) in [5.74, 6) is 16.0. The van der Waals surface area contributed by atoms with Gasteiger partial charge >= 0.3 is 0 Å². The lowest BCUT2D eigenvalue weighted by Gasteiger charge is -2.52. The smallest absolute Gasteiger partial charge is 0.0598 e. The molecule has 7 saturated carbocycles. The highest BCUT2D eigenvalue weighted by atomic mass is 16.5. The lowest BCUT2D eigenvalue weighted by atomic mass is 9.53. The average molecular weight is 465 g/mol. The van der Waals surface area contributed by atoms with Crippen molar-refractivity contribution in [3.63, 3.8) is 0 Å². The summed E-state index contributed by atoms with van der Waals surface area (Å²) < 4.78 is 13.0. The van der Waals surface area contributed by atoms with Crippen molar-refractivity contribution in [2.24, 2.45) is 94.7 Å². The van der Waals surface area contributed by atoms with Gasteiger partial charge in [0, 0.05) is 0 Å². The fourth-order valence-electron chi connectivity index (χ4n) is 12.9. The highest BCUT2D eigenvalue weighted by molar-refractivity contribution is 5.27. The van der Waals surface area contributed by atoms with Gasteiger partial charge in [0.15, 0.2) is 0 Å². The van der Waals surface area contributed by atoms with Crippen LogP contribution in [0.3, 0.4) is 0 Å². The number of fused-ring (bicyclic) bond motifs is 23. The minimum atomic E-state index is -0.0363. The van der Waals surface area contributed by atoms with E-state index in [1.807, 2.05) is 0 Å². The van der Waals surface area contributed by atoms with Crippen molar-refractivity contribution in [1.82, 2.24) is 0 Å². The maximum Gasteiger partial charge on any atom is 0.0598 e. The van der Waals surface area contributed by atoms with Gasteiger partial charge in [-0.1, -0.05) is 12.2 Å². The molecule has 8 bridgehead atoms. The first-order valence-corrected chi connectivity index (χ1v) is 15.1. The van der Waals surface area contributed by atoms with E-state index in [0.717, 1.165) is 108 Å². The molecule has 0 aromatic heterocycles. The van der Waals surface area contributed by atoms with Crippen LogP contribution in [0.4, 0.5) is 0 Å². The van der Waals surface area contributed by atoms with E-state index in [1.54, 1.807) is 12.8 Å². The Balaban J connectivity index is 1.09. The highest BCUT2D eigenvalue weighted by Gasteiger charge is 2.76. The largest absolute Gasteiger partial charge is 0.376 e. The zero-order valence-electron chi connectivity index (χ0n) is 22.5. The van der Waals surface area contributed by atoms with E-state index >= 15 is 0 Å². The van der Waals surface area contributed by atoms with Gasteiger partial charge in [0.05, 0.1) is 24.4 Å². The Morgan fingerprint density at radius 2 is 0.853 bits per heavy atom. The van der Waals surface area contributed by atoms with Crippen molar-refractivity contribution in [3.05, 3.63) is 12.2 Å². The first kappa shape index (κ1) is 21.7. The molecule has 0 aromatic rings. The van der Waals surface area contributed by atoms with Crippen molar-refractivity contribution < 1.29 is 9.47 Å². The minimum Gasteiger partial charge on any atom is -0.376 e. The number of hydrogen-bond acceptors (Lipinski definition) is 2. The second-order valence-corrected chi connectivity index (χ2v) is 16.3. The van der Waals surface area contributed by atoms with Gasteiger partial charge in [-0.2, -0.15) is 0 Å². The van der Waals surface area contributed by atoms with E-state index in [-0.39, 0.29) is 11.2 Å². The summed E-state index contributed by atoms with van der Waals surface area (Å²) >= 11 is 0. The Bertz CT molecular complexity index is 824. The molecule has 0 radical (unpaired) electrons. The molecule has 0 aliphatic heterocycles. The van der Waals surface area contributed by atoms with Crippen molar-refractivity contribution in [3.8, 4) is 0 Å². The standard InChI is InChI=1S/C32H48O2/c1-31(2,3)33-13-23-17-10-18(24(23)14-34-32(4,5)6)28-22-12-21(27(17)28)29-19-11-20(30(22)29)26-16-8-7-15(9-16)25(19)26/h7-8,15-30H,9-14H2,1-6H3. The molecule has 8 aliphatic rings. The van der Waals surface area contributed by atoms with E-state index in [9.17, 15) is 0 Å². The molecule has 8 rings (SSSR count). The molecular formula is C32H48O2. The van der Waals surface area contributed by atoms with Crippen molar-refractivity contribution in [2.45, 2.75) is 78.4 Å². The predicted octanol–water partition coefficient (Wildman–Crippen LogP) is 6.70. The minimum absolute atomic E-state index is 0.0363. The fraction of sp³-hybridized carbons (Fsp3) is 0.938. The Hall–Kier alpha value is -0.340. The van der Waals surface area contributed by atoms with Gasteiger partial charge in [-0.05, 0) is 162 Å². The number of hydrogen-bond donors (Lipinski definition) is 0. The molecule has 2 heteroatoms. The predicted molar refractivity (Wildman–Crippen MR) is 135 cm³/mol. The van der Waals surface area contributed by atoms with E-state index in [2.05, 4.69) is 53.7 Å². The second-order valence-electron chi connectivity index (χ2n) is 16.3. The average Bonchev–Trinajstić information content (AvgIpc) is 3.58. The van der Waals surface area contributed by atoms with Gasteiger partial charge in [-0.25, -0.2) is 0 Å². The van der Waals surface area contributed by atoms with Crippen LogP contribution in [0.5, 0.6) is 0 Å². The molecule has 34 heavy (non-hydrogen) atoms. The van der Waals surface area contributed by atoms with Crippen LogP contribution in [0.2, 0.25) is 0 Å². The quantitative estimate of drug-likeness (QED) is 0.340. The summed E-state index contributed by atoms with van der Waals surface area (Å²) in [6, 6.07) is 0. The first-order chi connectivity index (χ1) is 16.1. The summed E-state index contributed by atoms with van der Waals surface area (Å²) in [4.78, 5) is 0. The molecule has 2 nitrogen and oxygen atoms in total. The van der Waals surface area contributed by atoms with Crippen molar-refractivity contribution >= 4 is 0 Å².